The lowest BCUT2D eigenvalue weighted by Crippen LogP contribution is -2.37. The van der Waals surface area contributed by atoms with Gasteiger partial charge in [-0.3, -0.25) is 10.1 Å². The summed E-state index contributed by atoms with van der Waals surface area (Å²) in [4.78, 5) is 38.0. The van der Waals surface area contributed by atoms with Gasteiger partial charge in [0.15, 0.2) is 5.58 Å². The molecule has 0 spiro atoms. The highest BCUT2D eigenvalue weighted by atomic mass is 35.5. The smallest absolute Gasteiger partial charge is 0.335 e. The van der Waals surface area contributed by atoms with E-state index in [9.17, 15) is 14.7 Å². The zero-order chi connectivity index (χ0) is 27.0. The molecule has 11 nitrogen and oxygen atoms in total. The predicted molar refractivity (Wildman–Crippen MR) is 144 cm³/mol. The number of pyridine rings is 1. The Balaban J connectivity index is 1.50. The van der Waals surface area contributed by atoms with Crippen LogP contribution >= 0.6 is 11.6 Å². The summed E-state index contributed by atoms with van der Waals surface area (Å²) in [5.74, 6) is -1.30. The van der Waals surface area contributed by atoms with Crippen LogP contribution in [-0.2, 0) is 4.79 Å². The van der Waals surface area contributed by atoms with Gasteiger partial charge in [0.1, 0.15) is 17.4 Å². The number of halogens is 1. The number of nitrogens with one attached hydrogen (secondary N) is 3. The third-order valence-electron chi connectivity index (χ3n) is 5.86. The van der Waals surface area contributed by atoms with Gasteiger partial charge in [0.25, 0.3) is 5.91 Å². The summed E-state index contributed by atoms with van der Waals surface area (Å²) in [6.07, 6.45) is 1.31. The molecule has 0 aliphatic carbocycles. The molecule has 4 aromatic rings. The zero-order valence-corrected chi connectivity index (χ0v) is 21.0. The molecule has 0 unspecified atom stereocenters. The zero-order valence-electron chi connectivity index (χ0n) is 20.2. The lowest BCUT2D eigenvalue weighted by Gasteiger charge is -2.27. The lowest BCUT2D eigenvalue weighted by atomic mass is 9.95. The Kier molecular flexibility index (Phi) is 6.43. The number of carbonyl (C=O) groups excluding carboxylic acids is 1. The van der Waals surface area contributed by atoms with Gasteiger partial charge in [-0.25, -0.2) is 14.8 Å². The predicted octanol–water partition coefficient (Wildman–Crippen LogP) is 4.49. The van der Waals surface area contributed by atoms with Crippen LogP contribution in [0.25, 0.3) is 11.1 Å². The molecule has 3 heterocycles. The minimum atomic E-state index is -1.14. The van der Waals surface area contributed by atoms with E-state index in [1.165, 1.54) is 18.3 Å². The normalized spacial score (nSPS) is 15.1. The maximum Gasteiger partial charge on any atom is 0.335 e. The molecule has 1 aliphatic rings. The molecular weight excluding hydrogens is 510 g/mol. The van der Waals surface area contributed by atoms with Gasteiger partial charge >= 0.3 is 12.0 Å². The number of rotatable bonds is 5. The SMILES string of the molecule is CC1=C(C(=O)Nc2cc(C(=O)O)ccn2)[C@@H](c2ccc(C)cc2Cl)N=C(Nc2nc3cccc(N)c3o2)N1. The number of guanidine groups is 1. The van der Waals surface area contributed by atoms with E-state index in [2.05, 4.69) is 25.9 Å². The number of aryl methyl sites for hydroxylation is 1. The van der Waals surface area contributed by atoms with Crippen molar-refractivity contribution >= 4 is 58.1 Å². The summed E-state index contributed by atoms with van der Waals surface area (Å²) in [7, 11) is 0. The van der Waals surface area contributed by atoms with Crippen molar-refractivity contribution < 1.29 is 19.1 Å². The van der Waals surface area contributed by atoms with E-state index in [1.807, 2.05) is 13.0 Å². The number of anilines is 3. The van der Waals surface area contributed by atoms with Crippen LogP contribution in [-0.4, -0.2) is 32.9 Å². The number of carboxylic acids is 1. The van der Waals surface area contributed by atoms with Gasteiger partial charge < -0.3 is 25.9 Å². The van der Waals surface area contributed by atoms with Crippen molar-refractivity contribution in [2.75, 3.05) is 16.4 Å². The van der Waals surface area contributed by atoms with Crippen LogP contribution < -0.4 is 21.7 Å². The first-order valence-electron chi connectivity index (χ1n) is 11.4. The van der Waals surface area contributed by atoms with E-state index in [4.69, 9.17) is 26.7 Å². The van der Waals surface area contributed by atoms with E-state index in [-0.39, 0.29) is 28.9 Å². The summed E-state index contributed by atoms with van der Waals surface area (Å²) < 4.78 is 5.76. The van der Waals surface area contributed by atoms with E-state index in [0.29, 0.717) is 33.1 Å². The van der Waals surface area contributed by atoms with Crippen molar-refractivity contribution in [3.63, 3.8) is 0 Å². The molecule has 1 amide bonds. The molecule has 2 aromatic carbocycles. The summed E-state index contributed by atoms with van der Waals surface area (Å²) >= 11 is 6.59. The number of hydrogen-bond donors (Lipinski definition) is 5. The van der Waals surface area contributed by atoms with E-state index < -0.39 is 17.9 Å². The number of fused-ring (bicyclic) bond motifs is 1. The number of aromatic nitrogens is 2. The summed E-state index contributed by atoms with van der Waals surface area (Å²) in [5.41, 5.74) is 9.72. The average molecular weight is 532 g/mol. The van der Waals surface area contributed by atoms with E-state index in [1.54, 1.807) is 37.3 Å². The first-order chi connectivity index (χ1) is 18.2. The second-order valence-corrected chi connectivity index (χ2v) is 9.00. The van der Waals surface area contributed by atoms with Crippen LogP contribution in [0.2, 0.25) is 5.02 Å². The monoisotopic (exact) mass is 531 g/mol. The largest absolute Gasteiger partial charge is 0.478 e. The van der Waals surface area contributed by atoms with Crippen molar-refractivity contribution in [2.24, 2.45) is 4.99 Å². The second kappa shape index (κ2) is 9.87. The minimum absolute atomic E-state index is 0.00983. The maximum absolute atomic E-state index is 13.5. The van der Waals surface area contributed by atoms with Crippen LogP contribution in [0.15, 0.2) is 75.4 Å². The van der Waals surface area contributed by atoms with Crippen molar-refractivity contribution in [3.05, 3.63) is 87.7 Å². The van der Waals surface area contributed by atoms with Crippen molar-refractivity contribution in [1.29, 1.82) is 0 Å². The molecule has 192 valence electrons. The number of benzene rings is 2. The number of oxazole rings is 1. The highest BCUT2D eigenvalue weighted by Crippen LogP contribution is 2.36. The molecule has 0 fully saturated rings. The second-order valence-electron chi connectivity index (χ2n) is 8.60. The quantitative estimate of drug-likeness (QED) is 0.233. The van der Waals surface area contributed by atoms with Crippen LogP contribution in [0.1, 0.15) is 34.5 Å². The summed E-state index contributed by atoms with van der Waals surface area (Å²) in [5, 5.41) is 18.4. The Morgan fingerprint density at radius 1 is 1.16 bits per heavy atom. The van der Waals surface area contributed by atoms with E-state index in [0.717, 1.165) is 5.56 Å². The fourth-order valence-electron chi connectivity index (χ4n) is 4.05. The highest BCUT2D eigenvalue weighted by Gasteiger charge is 2.31. The topological polar surface area (TPSA) is 168 Å². The van der Waals surface area contributed by atoms with Crippen LogP contribution in [0.5, 0.6) is 0 Å². The van der Waals surface area contributed by atoms with Crippen molar-refractivity contribution in [1.82, 2.24) is 15.3 Å². The van der Waals surface area contributed by atoms with Gasteiger partial charge in [-0.05, 0) is 49.7 Å². The fraction of sp³-hybridized carbons (Fsp3) is 0.115. The number of aromatic carboxylic acids is 1. The molecule has 0 saturated heterocycles. The fourth-order valence-corrected chi connectivity index (χ4v) is 4.39. The number of carboxylic acid groups (broad SMARTS) is 1. The van der Waals surface area contributed by atoms with Gasteiger partial charge in [-0.2, -0.15) is 4.98 Å². The van der Waals surface area contributed by atoms with Gasteiger partial charge in [0.05, 0.1) is 16.8 Å². The standard InChI is InChI=1S/C26H22ClN7O4/c1-12-6-7-15(16(27)10-12)21-20(23(35)32-19-11-14(24(36)37)8-9-29-19)13(2)30-25(33-21)34-26-31-18-5-3-4-17(28)22(18)38-26/h3-11,21H,28H2,1-2H3,(H,36,37)(H,29,32,35)(H2,30,31,33,34)/t21-/m1/s1. The molecule has 1 atom stereocenters. The number of nitrogen functional groups attached to an aromatic ring is 1. The molecule has 2 aromatic heterocycles. The number of aliphatic imine (C=N–C) groups is 1. The Morgan fingerprint density at radius 3 is 2.71 bits per heavy atom. The number of nitrogens with zero attached hydrogens (tertiary/aromatic N) is 3. The highest BCUT2D eigenvalue weighted by molar-refractivity contribution is 6.31. The summed E-state index contributed by atoms with van der Waals surface area (Å²) in [6.45, 7) is 3.62. The molecule has 1 aliphatic heterocycles. The number of allylic oxidation sites excluding steroid dienone is 1. The number of para-hydroxylation sites is 1. The molecule has 0 radical (unpaired) electrons. The molecular formula is C26H22ClN7O4. The first-order valence-corrected chi connectivity index (χ1v) is 11.8. The third kappa shape index (κ3) is 4.87. The molecule has 5 rings (SSSR count). The minimum Gasteiger partial charge on any atom is -0.478 e. The number of carbonyl (C=O) groups is 2. The first kappa shape index (κ1) is 24.8. The Bertz CT molecular complexity index is 1660. The molecule has 6 N–H and O–H groups in total. The molecule has 12 heteroatoms. The molecule has 0 bridgehead atoms. The maximum atomic E-state index is 13.5. The average Bonchev–Trinajstić information content (AvgIpc) is 3.27. The molecule has 38 heavy (non-hydrogen) atoms. The summed E-state index contributed by atoms with van der Waals surface area (Å²) in [6, 6.07) is 12.7. The van der Waals surface area contributed by atoms with Gasteiger partial charge in [0, 0.05) is 22.5 Å². The van der Waals surface area contributed by atoms with Crippen LogP contribution in [0, 0.1) is 6.92 Å². The Hall–Kier alpha value is -4.90. The van der Waals surface area contributed by atoms with Gasteiger partial charge in [0.2, 0.25) is 5.96 Å². The Morgan fingerprint density at radius 2 is 1.97 bits per heavy atom. The number of hydrogen-bond acceptors (Lipinski definition) is 9. The van der Waals surface area contributed by atoms with Gasteiger partial charge in [-0.1, -0.05) is 29.8 Å². The lowest BCUT2D eigenvalue weighted by molar-refractivity contribution is -0.113. The van der Waals surface area contributed by atoms with Crippen molar-refractivity contribution in [2.45, 2.75) is 19.9 Å². The van der Waals surface area contributed by atoms with Crippen molar-refractivity contribution in [3.8, 4) is 0 Å². The van der Waals surface area contributed by atoms with Gasteiger partial charge in [-0.15, -0.1) is 0 Å². The number of nitrogens with two attached hydrogens (primary N) is 1. The third-order valence-corrected chi connectivity index (χ3v) is 6.18. The number of amides is 1. The Labute approximate surface area is 221 Å². The van der Waals surface area contributed by atoms with Crippen LogP contribution in [0.4, 0.5) is 17.5 Å². The van der Waals surface area contributed by atoms with Crippen LogP contribution in [0.3, 0.4) is 0 Å². The molecule has 0 saturated carbocycles. The van der Waals surface area contributed by atoms with E-state index >= 15 is 0 Å².